The molecule has 0 aliphatic rings. The average molecular weight is 259 g/mol. The van der Waals surface area contributed by atoms with Crippen molar-refractivity contribution in [1.82, 2.24) is 9.78 Å². The number of nitrogens with zero attached hydrogens (tertiary/aromatic N) is 2. The lowest BCUT2D eigenvalue weighted by Gasteiger charge is -2.03. The van der Waals surface area contributed by atoms with Crippen LogP contribution < -0.4 is 0 Å². The van der Waals surface area contributed by atoms with Crippen LogP contribution in [0.1, 0.15) is 23.4 Å². The van der Waals surface area contributed by atoms with Gasteiger partial charge < -0.3 is 0 Å². The maximum atomic E-state index is 5.63. The molecule has 0 radical (unpaired) electrons. The van der Waals surface area contributed by atoms with Crippen LogP contribution in [-0.2, 0) is 0 Å². The average Bonchev–Trinajstić information content (AvgIpc) is 2.68. The van der Waals surface area contributed by atoms with Gasteiger partial charge in [-0.2, -0.15) is 5.10 Å². The molecule has 1 aromatic heterocycles. The van der Waals surface area contributed by atoms with Crippen LogP contribution in [0.25, 0.3) is 5.69 Å². The van der Waals surface area contributed by atoms with Crippen molar-refractivity contribution in [2.75, 3.05) is 5.88 Å². The molecule has 2 rings (SSSR count). The summed E-state index contributed by atoms with van der Waals surface area (Å²) in [7, 11) is 0. The number of alkyl halides is 1. The molecular formula is C15H15ClN2. The largest absolute Gasteiger partial charge is 0.237 e. The third-order valence-electron chi connectivity index (χ3n) is 2.72. The van der Waals surface area contributed by atoms with Crippen LogP contribution in [0.15, 0.2) is 30.3 Å². The molecule has 0 fully saturated rings. The number of para-hydroxylation sites is 1. The highest BCUT2D eigenvalue weighted by Gasteiger charge is 2.10. The Bertz CT molecular complexity index is 588. The van der Waals surface area contributed by atoms with Gasteiger partial charge in [-0.3, -0.25) is 0 Å². The number of rotatable bonds is 2. The maximum Gasteiger partial charge on any atom is 0.0757 e. The van der Waals surface area contributed by atoms with Crippen molar-refractivity contribution in [3.63, 3.8) is 0 Å². The van der Waals surface area contributed by atoms with Crippen LogP contribution in [0.3, 0.4) is 0 Å². The minimum Gasteiger partial charge on any atom is -0.237 e. The van der Waals surface area contributed by atoms with E-state index in [-0.39, 0.29) is 0 Å². The molecule has 0 N–H and O–H groups in total. The third kappa shape index (κ3) is 2.57. The summed E-state index contributed by atoms with van der Waals surface area (Å²) < 4.78 is 1.93. The van der Waals surface area contributed by atoms with Crippen molar-refractivity contribution >= 4 is 11.6 Å². The second kappa shape index (κ2) is 5.75. The number of halogens is 1. The van der Waals surface area contributed by atoms with E-state index in [0.29, 0.717) is 12.3 Å². The van der Waals surface area contributed by atoms with Gasteiger partial charge in [0.05, 0.1) is 22.6 Å². The van der Waals surface area contributed by atoms with Crippen LogP contribution in [0.5, 0.6) is 0 Å². The minimum absolute atomic E-state index is 0.567. The van der Waals surface area contributed by atoms with Gasteiger partial charge in [0.25, 0.3) is 0 Å². The molecule has 0 aliphatic heterocycles. The first-order chi connectivity index (χ1) is 8.74. The zero-order valence-electron chi connectivity index (χ0n) is 10.6. The number of benzene rings is 1. The molecular weight excluding hydrogens is 244 g/mol. The number of aromatic nitrogens is 2. The van der Waals surface area contributed by atoms with E-state index in [4.69, 9.17) is 11.6 Å². The molecule has 0 saturated heterocycles. The molecule has 0 amide bonds. The van der Waals surface area contributed by atoms with Gasteiger partial charge in [0, 0.05) is 12.3 Å². The summed E-state index contributed by atoms with van der Waals surface area (Å²) in [5.74, 6) is 6.78. The zero-order chi connectivity index (χ0) is 13.0. The van der Waals surface area contributed by atoms with Crippen LogP contribution in [0.4, 0.5) is 0 Å². The van der Waals surface area contributed by atoms with Crippen molar-refractivity contribution < 1.29 is 0 Å². The molecule has 0 unspecified atom stereocenters. The molecule has 18 heavy (non-hydrogen) atoms. The van der Waals surface area contributed by atoms with Gasteiger partial charge >= 0.3 is 0 Å². The quantitative estimate of drug-likeness (QED) is 0.596. The van der Waals surface area contributed by atoms with Gasteiger partial charge in [-0.25, -0.2) is 4.68 Å². The topological polar surface area (TPSA) is 17.8 Å². The van der Waals surface area contributed by atoms with E-state index in [2.05, 4.69) is 16.9 Å². The molecule has 0 saturated carbocycles. The molecule has 1 heterocycles. The Morgan fingerprint density at radius 1 is 1.22 bits per heavy atom. The fraction of sp³-hybridized carbons (Fsp3) is 0.267. The van der Waals surface area contributed by atoms with E-state index >= 15 is 0 Å². The van der Waals surface area contributed by atoms with Crippen molar-refractivity contribution in [2.45, 2.75) is 20.3 Å². The highest BCUT2D eigenvalue weighted by molar-refractivity contribution is 6.18. The lowest BCUT2D eigenvalue weighted by atomic mass is 10.2. The molecule has 1 aromatic carbocycles. The number of hydrogen-bond donors (Lipinski definition) is 0. The van der Waals surface area contributed by atoms with E-state index < -0.39 is 0 Å². The first-order valence-corrected chi connectivity index (χ1v) is 6.44. The smallest absolute Gasteiger partial charge is 0.0757 e. The van der Waals surface area contributed by atoms with Crippen molar-refractivity contribution in [1.29, 1.82) is 0 Å². The fourth-order valence-electron chi connectivity index (χ4n) is 1.84. The van der Waals surface area contributed by atoms with E-state index in [0.717, 1.165) is 22.6 Å². The normalized spacial score (nSPS) is 9.94. The first-order valence-electron chi connectivity index (χ1n) is 5.90. The third-order valence-corrected chi connectivity index (χ3v) is 2.91. The van der Waals surface area contributed by atoms with Gasteiger partial charge in [0.2, 0.25) is 0 Å². The van der Waals surface area contributed by atoms with Gasteiger partial charge in [0.15, 0.2) is 0 Å². The Balaban J connectivity index is 2.42. The highest BCUT2D eigenvalue weighted by atomic mass is 35.5. The van der Waals surface area contributed by atoms with Gasteiger partial charge in [0.1, 0.15) is 0 Å². The highest BCUT2D eigenvalue weighted by Crippen LogP contribution is 2.16. The molecule has 2 nitrogen and oxygen atoms in total. The fourth-order valence-corrected chi connectivity index (χ4v) is 1.94. The molecule has 3 heteroatoms. The molecule has 92 valence electrons. The first kappa shape index (κ1) is 12.7. The molecule has 2 aromatic rings. The number of aryl methyl sites for hydroxylation is 1. The maximum absolute atomic E-state index is 5.63. The van der Waals surface area contributed by atoms with E-state index in [1.807, 2.05) is 48.9 Å². The second-order valence-corrected chi connectivity index (χ2v) is 4.41. The monoisotopic (exact) mass is 258 g/mol. The van der Waals surface area contributed by atoms with Gasteiger partial charge in [-0.05, 0) is 26.0 Å². The van der Waals surface area contributed by atoms with Crippen molar-refractivity contribution in [3.8, 4) is 17.5 Å². The van der Waals surface area contributed by atoms with Crippen LogP contribution >= 0.6 is 11.6 Å². The summed E-state index contributed by atoms with van der Waals surface area (Å²) in [5.41, 5.74) is 4.09. The van der Waals surface area contributed by atoms with Gasteiger partial charge in [-0.1, -0.05) is 30.0 Å². The SMILES string of the molecule is Cc1nn(-c2ccccc2)c(C)c1C#CCCCl. The summed E-state index contributed by atoms with van der Waals surface area (Å²) in [4.78, 5) is 0. The standard InChI is InChI=1S/C15H15ClN2/c1-12-15(10-6-7-11-16)13(2)18(17-12)14-8-4-3-5-9-14/h3-5,8-9H,7,11H2,1-2H3. The number of hydrogen-bond acceptors (Lipinski definition) is 1. The zero-order valence-corrected chi connectivity index (χ0v) is 11.3. The predicted molar refractivity (Wildman–Crippen MR) is 75.3 cm³/mol. The Morgan fingerprint density at radius 2 is 1.94 bits per heavy atom. The van der Waals surface area contributed by atoms with Crippen LogP contribution in [-0.4, -0.2) is 15.7 Å². The second-order valence-electron chi connectivity index (χ2n) is 4.03. The summed E-state index contributed by atoms with van der Waals surface area (Å²) in [6.07, 6.45) is 0.705. The minimum atomic E-state index is 0.567. The lowest BCUT2D eigenvalue weighted by Crippen LogP contribution is -1.98. The molecule has 0 aliphatic carbocycles. The van der Waals surface area contributed by atoms with E-state index in [9.17, 15) is 0 Å². The predicted octanol–water partition coefficient (Wildman–Crippen LogP) is 3.47. The van der Waals surface area contributed by atoms with Crippen LogP contribution in [0.2, 0.25) is 0 Å². The van der Waals surface area contributed by atoms with E-state index in [1.165, 1.54) is 0 Å². The summed E-state index contributed by atoms with van der Waals surface area (Å²) in [6.45, 7) is 4.02. The summed E-state index contributed by atoms with van der Waals surface area (Å²) in [6, 6.07) is 10.1. The van der Waals surface area contributed by atoms with Gasteiger partial charge in [-0.15, -0.1) is 11.6 Å². The molecule has 0 bridgehead atoms. The Kier molecular flexibility index (Phi) is 4.07. The van der Waals surface area contributed by atoms with Crippen LogP contribution in [0, 0.1) is 25.7 Å². The molecule has 0 spiro atoms. The molecule has 0 atom stereocenters. The Morgan fingerprint density at radius 3 is 2.61 bits per heavy atom. The lowest BCUT2D eigenvalue weighted by molar-refractivity contribution is 0.833. The summed E-state index contributed by atoms with van der Waals surface area (Å²) in [5, 5.41) is 4.54. The van der Waals surface area contributed by atoms with Crippen molar-refractivity contribution in [2.24, 2.45) is 0 Å². The van der Waals surface area contributed by atoms with E-state index in [1.54, 1.807) is 0 Å². The summed E-state index contributed by atoms with van der Waals surface area (Å²) >= 11 is 5.63. The Hall–Kier alpha value is -1.72. The van der Waals surface area contributed by atoms with Crippen molar-refractivity contribution in [3.05, 3.63) is 47.3 Å². The Labute approximate surface area is 113 Å².